The van der Waals surface area contributed by atoms with E-state index in [4.69, 9.17) is 4.74 Å². The first-order valence-electron chi connectivity index (χ1n) is 8.66. The number of carbonyl (C=O) groups excluding carboxylic acids is 3. The van der Waals surface area contributed by atoms with Crippen LogP contribution in [0.15, 0.2) is 48.5 Å². The predicted octanol–water partition coefficient (Wildman–Crippen LogP) is 4.63. The highest BCUT2D eigenvalue weighted by Gasteiger charge is 2.27. The van der Waals surface area contributed by atoms with Crippen molar-refractivity contribution in [2.24, 2.45) is 0 Å². The number of hydrogen-bond acceptors (Lipinski definition) is 5. The molecule has 0 saturated carbocycles. The molecule has 0 unspecified atom stereocenters. The molecule has 2 aromatic carbocycles. The Bertz CT molecular complexity index is 1130. The minimum absolute atomic E-state index is 0.00329. The van der Waals surface area contributed by atoms with E-state index in [2.05, 4.69) is 10.6 Å². The number of carbonyl (C=O) groups is 3. The zero-order valence-electron chi connectivity index (χ0n) is 15.9. The molecule has 3 rings (SSSR count). The highest BCUT2D eigenvalue weighted by molar-refractivity contribution is 7.19. The summed E-state index contributed by atoms with van der Waals surface area (Å²) in [5.41, 5.74) is 0.425. The molecule has 0 bridgehead atoms. The molecule has 2 amide bonds. The Labute approximate surface area is 174 Å². The fourth-order valence-electron chi connectivity index (χ4n) is 2.70. The summed E-state index contributed by atoms with van der Waals surface area (Å²) in [6.07, 6.45) is 0. The lowest BCUT2D eigenvalue weighted by Crippen LogP contribution is -2.15. The lowest BCUT2D eigenvalue weighted by molar-refractivity contribution is 0.0601. The van der Waals surface area contributed by atoms with Crippen molar-refractivity contribution >= 4 is 39.8 Å². The van der Waals surface area contributed by atoms with E-state index < -0.39 is 29.4 Å². The number of ether oxygens (including phenoxy) is 1. The van der Waals surface area contributed by atoms with Crippen molar-refractivity contribution in [1.82, 2.24) is 0 Å². The van der Waals surface area contributed by atoms with Crippen LogP contribution in [0.4, 0.5) is 19.5 Å². The van der Waals surface area contributed by atoms with Gasteiger partial charge < -0.3 is 15.4 Å². The van der Waals surface area contributed by atoms with Crippen molar-refractivity contribution < 1.29 is 27.9 Å². The second-order valence-electron chi connectivity index (χ2n) is 6.15. The van der Waals surface area contributed by atoms with Crippen LogP contribution in [0.2, 0.25) is 0 Å². The summed E-state index contributed by atoms with van der Waals surface area (Å²) in [7, 11) is 1.17. The number of anilines is 2. The van der Waals surface area contributed by atoms with E-state index in [9.17, 15) is 23.2 Å². The number of rotatable bonds is 5. The number of hydrogen-bond donors (Lipinski definition) is 2. The van der Waals surface area contributed by atoms with Gasteiger partial charge in [-0.1, -0.05) is 12.1 Å². The number of amides is 2. The van der Waals surface area contributed by atoms with Gasteiger partial charge in [0.15, 0.2) is 0 Å². The van der Waals surface area contributed by atoms with Gasteiger partial charge in [-0.15, -0.1) is 11.3 Å². The van der Waals surface area contributed by atoms with Gasteiger partial charge in [-0.25, -0.2) is 13.6 Å². The van der Waals surface area contributed by atoms with Crippen LogP contribution in [0, 0.1) is 18.6 Å². The van der Waals surface area contributed by atoms with E-state index in [1.807, 2.05) is 0 Å². The molecule has 0 saturated heterocycles. The molecule has 2 N–H and O–H groups in total. The van der Waals surface area contributed by atoms with Crippen LogP contribution < -0.4 is 10.6 Å². The molecule has 0 aliphatic heterocycles. The van der Waals surface area contributed by atoms with Crippen molar-refractivity contribution in [3.63, 3.8) is 0 Å². The van der Waals surface area contributed by atoms with Crippen LogP contribution in [0.25, 0.3) is 0 Å². The monoisotopic (exact) mass is 430 g/mol. The lowest BCUT2D eigenvalue weighted by Gasteiger charge is -2.06. The van der Waals surface area contributed by atoms with E-state index in [1.165, 1.54) is 56.5 Å². The largest absolute Gasteiger partial charge is 0.465 e. The third-order valence-corrected chi connectivity index (χ3v) is 5.40. The number of nitrogens with one attached hydrogen (secondary N) is 2. The van der Waals surface area contributed by atoms with Crippen LogP contribution in [0.3, 0.4) is 0 Å². The highest BCUT2D eigenvalue weighted by atomic mass is 32.1. The predicted molar refractivity (Wildman–Crippen MR) is 109 cm³/mol. The molecule has 0 aliphatic rings. The van der Waals surface area contributed by atoms with Crippen molar-refractivity contribution in [2.45, 2.75) is 6.92 Å². The summed E-state index contributed by atoms with van der Waals surface area (Å²) in [6, 6.07) is 10.5. The molecule has 6 nitrogen and oxygen atoms in total. The Balaban J connectivity index is 1.94. The van der Waals surface area contributed by atoms with Gasteiger partial charge in [-0.2, -0.15) is 0 Å². The molecule has 9 heteroatoms. The third kappa shape index (κ3) is 4.36. The summed E-state index contributed by atoms with van der Waals surface area (Å²) >= 11 is 0.848. The summed E-state index contributed by atoms with van der Waals surface area (Å²) in [6.45, 7) is 1.53. The van der Waals surface area contributed by atoms with Crippen molar-refractivity contribution in [1.29, 1.82) is 0 Å². The molecule has 0 fully saturated rings. The molecule has 154 valence electrons. The van der Waals surface area contributed by atoms with E-state index in [0.29, 0.717) is 5.69 Å². The fourth-order valence-corrected chi connectivity index (χ4v) is 3.79. The van der Waals surface area contributed by atoms with Crippen molar-refractivity contribution in [2.75, 3.05) is 17.7 Å². The number of halogens is 2. The third-order valence-electron chi connectivity index (χ3n) is 4.19. The van der Waals surface area contributed by atoms with Gasteiger partial charge in [0.05, 0.1) is 23.1 Å². The number of benzene rings is 2. The lowest BCUT2D eigenvalue weighted by atomic mass is 10.1. The average Bonchev–Trinajstić information content (AvgIpc) is 3.05. The first kappa shape index (κ1) is 21.1. The normalized spacial score (nSPS) is 10.4. The van der Waals surface area contributed by atoms with Crippen LogP contribution >= 0.6 is 11.3 Å². The zero-order chi connectivity index (χ0) is 21.8. The molecule has 0 atom stereocenters. The van der Waals surface area contributed by atoms with E-state index >= 15 is 0 Å². The molecule has 0 aliphatic carbocycles. The zero-order valence-corrected chi connectivity index (χ0v) is 16.7. The van der Waals surface area contributed by atoms with Crippen molar-refractivity contribution in [3.05, 3.63) is 81.7 Å². The van der Waals surface area contributed by atoms with Gasteiger partial charge in [0.2, 0.25) is 0 Å². The Morgan fingerprint density at radius 3 is 2.23 bits per heavy atom. The minimum atomic E-state index is -0.773. The van der Waals surface area contributed by atoms with E-state index in [1.54, 1.807) is 0 Å². The van der Waals surface area contributed by atoms with Gasteiger partial charge in [-0.3, -0.25) is 9.59 Å². The van der Waals surface area contributed by atoms with Gasteiger partial charge >= 0.3 is 5.97 Å². The highest BCUT2D eigenvalue weighted by Crippen LogP contribution is 2.34. The minimum Gasteiger partial charge on any atom is -0.465 e. The topological polar surface area (TPSA) is 84.5 Å². The first-order valence-corrected chi connectivity index (χ1v) is 9.48. The molecule has 0 spiro atoms. The quantitative estimate of drug-likeness (QED) is 0.578. The Hall–Kier alpha value is -3.59. The van der Waals surface area contributed by atoms with E-state index in [-0.39, 0.29) is 26.6 Å². The maximum Gasteiger partial charge on any atom is 0.341 e. The fraction of sp³-hybridized carbons (Fsp3) is 0.0952. The molecule has 0 radical (unpaired) electrons. The second kappa shape index (κ2) is 8.83. The maximum atomic E-state index is 13.9. The van der Waals surface area contributed by atoms with E-state index in [0.717, 1.165) is 17.4 Å². The SMILES string of the molecule is COC(=O)c1c(NC(=O)c2ccccc2F)sc(C(=O)Nc2ccc(F)cc2)c1C. The summed E-state index contributed by atoms with van der Waals surface area (Å²) in [5, 5.41) is 5.13. The number of thiophene rings is 1. The van der Waals surface area contributed by atoms with Crippen molar-refractivity contribution in [3.8, 4) is 0 Å². The van der Waals surface area contributed by atoms with Crippen LogP contribution in [-0.4, -0.2) is 24.9 Å². The summed E-state index contributed by atoms with van der Waals surface area (Å²) in [5.74, 6) is -3.26. The molecule has 30 heavy (non-hydrogen) atoms. The smallest absolute Gasteiger partial charge is 0.341 e. The molecule has 3 aromatic rings. The molecule has 1 aromatic heterocycles. The van der Waals surface area contributed by atoms with Crippen LogP contribution in [0.1, 0.15) is 36.0 Å². The summed E-state index contributed by atoms with van der Waals surface area (Å²) < 4.78 is 31.7. The number of esters is 1. The molecular weight excluding hydrogens is 414 g/mol. The Kier molecular flexibility index (Phi) is 6.22. The number of methoxy groups -OCH3 is 1. The Morgan fingerprint density at radius 1 is 0.933 bits per heavy atom. The van der Waals surface area contributed by atoms with Crippen LogP contribution in [-0.2, 0) is 4.74 Å². The molecule has 1 heterocycles. The Morgan fingerprint density at radius 2 is 1.60 bits per heavy atom. The van der Waals surface area contributed by atoms with Gasteiger partial charge in [0.25, 0.3) is 11.8 Å². The summed E-state index contributed by atoms with van der Waals surface area (Å²) in [4.78, 5) is 37.6. The van der Waals surface area contributed by atoms with Crippen LogP contribution in [0.5, 0.6) is 0 Å². The van der Waals surface area contributed by atoms with Gasteiger partial charge in [0.1, 0.15) is 16.6 Å². The van der Waals surface area contributed by atoms with Gasteiger partial charge in [-0.05, 0) is 48.9 Å². The second-order valence-corrected chi connectivity index (χ2v) is 7.17. The van der Waals surface area contributed by atoms with Gasteiger partial charge in [0, 0.05) is 5.69 Å². The first-order chi connectivity index (χ1) is 14.3. The molecular formula is C21H16F2N2O4S. The average molecular weight is 430 g/mol. The standard InChI is InChI=1S/C21H16F2N2O4S/c1-11-16(21(28)29-2)20(25-18(26)14-5-3-4-6-15(14)23)30-17(11)19(27)24-13-9-7-12(22)8-10-13/h3-10H,1-2H3,(H,24,27)(H,25,26). The maximum absolute atomic E-state index is 13.9.